The predicted molar refractivity (Wildman–Crippen MR) is 81.8 cm³/mol. The highest BCUT2D eigenvalue weighted by Crippen LogP contribution is 2.25. The summed E-state index contributed by atoms with van der Waals surface area (Å²) in [4.78, 5) is 0. The second-order valence-corrected chi connectivity index (χ2v) is 8.02. The predicted octanol–water partition coefficient (Wildman–Crippen LogP) is 1.43. The van der Waals surface area contributed by atoms with E-state index in [1.807, 2.05) is 0 Å². The monoisotopic (exact) mass is 303 g/mol. The Morgan fingerprint density at radius 3 is 2.20 bits per heavy atom. The topological polar surface area (TPSA) is 52.7 Å². The maximum Gasteiger partial charge on any atom is 0.281 e. The van der Waals surface area contributed by atoms with Gasteiger partial charge in [0.2, 0.25) is 0 Å². The van der Waals surface area contributed by atoms with Gasteiger partial charge in [-0.15, -0.1) is 0 Å². The fourth-order valence-electron chi connectivity index (χ4n) is 3.23. The van der Waals surface area contributed by atoms with E-state index in [1.165, 1.54) is 0 Å². The Hall–Kier alpha value is -0.170. The van der Waals surface area contributed by atoms with Crippen molar-refractivity contribution in [2.24, 2.45) is 5.92 Å². The van der Waals surface area contributed by atoms with Crippen molar-refractivity contribution < 1.29 is 8.42 Å². The molecule has 0 spiro atoms. The average Bonchev–Trinajstić information content (AvgIpc) is 3.00. The molecule has 20 heavy (non-hydrogen) atoms. The van der Waals surface area contributed by atoms with Crippen molar-refractivity contribution in [3.8, 4) is 0 Å². The third kappa shape index (κ3) is 3.72. The molecule has 0 aromatic carbocycles. The van der Waals surface area contributed by atoms with Crippen LogP contribution in [0.1, 0.15) is 46.0 Å². The van der Waals surface area contributed by atoms with Crippen molar-refractivity contribution in [3.05, 3.63) is 0 Å². The highest BCUT2D eigenvalue weighted by Gasteiger charge is 2.35. The Kier molecular flexibility index (Phi) is 5.84. The molecule has 6 heteroatoms. The molecule has 2 heterocycles. The van der Waals surface area contributed by atoms with Crippen molar-refractivity contribution in [2.45, 2.75) is 52.0 Å². The van der Waals surface area contributed by atoms with Crippen LogP contribution in [-0.4, -0.2) is 55.8 Å². The SMILES string of the molecule is CCCNC(C)C1CCN(S(=O)(=O)N2CCCC2)CC1. The Bertz CT molecular complexity index is 385. The fourth-order valence-corrected chi connectivity index (χ4v) is 4.95. The molecule has 2 rings (SSSR count). The minimum Gasteiger partial charge on any atom is -0.314 e. The lowest BCUT2D eigenvalue weighted by atomic mass is 9.91. The molecule has 0 aliphatic carbocycles. The first-order valence-corrected chi connectivity index (χ1v) is 9.44. The number of hydrogen-bond acceptors (Lipinski definition) is 3. The van der Waals surface area contributed by atoms with Gasteiger partial charge in [0.05, 0.1) is 0 Å². The first-order valence-electron chi connectivity index (χ1n) is 8.04. The van der Waals surface area contributed by atoms with Gasteiger partial charge in [-0.2, -0.15) is 17.0 Å². The number of piperidine rings is 1. The van der Waals surface area contributed by atoms with E-state index in [9.17, 15) is 8.42 Å². The summed E-state index contributed by atoms with van der Waals surface area (Å²) in [5.41, 5.74) is 0. The van der Waals surface area contributed by atoms with E-state index in [2.05, 4.69) is 19.2 Å². The summed E-state index contributed by atoms with van der Waals surface area (Å²) >= 11 is 0. The van der Waals surface area contributed by atoms with Crippen LogP contribution in [-0.2, 0) is 10.2 Å². The molecule has 2 aliphatic rings. The largest absolute Gasteiger partial charge is 0.314 e. The van der Waals surface area contributed by atoms with Crippen LogP contribution in [0.3, 0.4) is 0 Å². The van der Waals surface area contributed by atoms with E-state index in [4.69, 9.17) is 0 Å². The van der Waals surface area contributed by atoms with Gasteiger partial charge in [-0.1, -0.05) is 6.92 Å². The molecule has 1 atom stereocenters. The Morgan fingerprint density at radius 2 is 1.65 bits per heavy atom. The molecule has 2 saturated heterocycles. The summed E-state index contributed by atoms with van der Waals surface area (Å²) in [6, 6.07) is 0.492. The summed E-state index contributed by atoms with van der Waals surface area (Å²) in [7, 11) is -3.18. The van der Waals surface area contributed by atoms with Crippen LogP contribution in [0.25, 0.3) is 0 Å². The van der Waals surface area contributed by atoms with E-state index in [0.29, 0.717) is 38.1 Å². The quantitative estimate of drug-likeness (QED) is 0.807. The molecular formula is C14H29N3O2S. The molecule has 0 bridgehead atoms. The van der Waals surface area contributed by atoms with Crippen LogP contribution in [0.5, 0.6) is 0 Å². The fraction of sp³-hybridized carbons (Fsp3) is 1.00. The smallest absolute Gasteiger partial charge is 0.281 e. The molecule has 2 fully saturated rings. The second-order valence-electron chi connectivity index (χ2n) is 6.09. The molecule has 0 saturated carbocycles. The summed E-state index contributed by atoms with van der Waals surface area (Å²) in [5, 5.41) is 3.53. The van der Waals surface area contributed by atoms with Gasteiger partial charge in [0.25, 0.3) is 10.2 Å². The van der Waals surface area contributed by atoms with E-state index >= 15 is 0 Å². The maximum atomic E-state index is 12.5. The first-order chi connectivity index (χ1) is 9.55. The molecule has 118 valence electrons. The lowest BCUT2D eigenvalue weighted by Crippen LogP contribution is -2.48. The third-order valence-electron chi connectivity index (χ3n) is 4.64. The molecule has 1 N–H and O–H groups in total. The zero-order chi connectivity index (χ0) is 14.6. The van der Waals surface area contributed by atoms with Gasteiger partial charge in [0.15, 0.2) is 0 Å². The Morgan fingerprint density at radius 1 is 1.10 bits per heavy atom. The molecule has 0 aromatic heterocycles. The van der Waals surface area contributed by atoms with Crippen molar-refractivity contribution >= 4 is 10.2 Å². The third-order valence-corrected chi connectivity index (χ3v) is 6.68. The molecule has 2 aliphatic heterocycles. The van der Waals surface area contributed by atoms with Gasteiger partial charge in [-0.25, -0.2) is 0 Å². The van der Waals surface area contributed by atoms with Gasteiger partial charge in [0, 0.05) is 32.2 Å². The molecular weight excluding hydrogens is 274 g/mol. The molecule has 0 radical (unpaired) electrons. The maximum absolute atomic E-state index is 12.5. The van der Waals surface area contributed by atoms with Gasteiger partial charge in [-0.05, 0) is 51.5 Å². The van der Waals surface area contributed by atoms with Crippen molar-refractivity contribution in [1.82, 2.24) is 13.9 Å². The Labute approximate surface area is 123 Å². The highest BCUT2D eigenvalue weighted by molar-refractivity contribution is 7.86. The second kappa shape index (κ2) is 7.20. The molecule has 1 unspecified atom stereocenters. The van der Waals surface area contributed by atoms with Gasteiger partial charge < -0.3 is 5.32 Å². The van der Waals surface area contributed by atoms with Gasteiger partial charge >= 0.3 is 0 Å². The van der Waals surface area contributed by atoms with Crippen LogP contribution in [0.15, 0.2) is 0 Å². The number of nitrogens with zero attached hydrogens (tertiary/aromatic N) is 2. The van der Waals surface area contributed by atoms with Crippen LogP contribution in [0, 0.1) is 5.92 Å². The van der Waals surface area contributed by atoms with Crippen LogP contribution >= 0.6 is 0 Å². The zero-order valence-corrected chi connectivity index (χ0v) is 13.7. The number of hydrogen-bond donors (Lipinski definition) is 1. The summed E-state index contributed by atoms with van der Waals surface area (Å²) in [5.74, 6) is 0.603. The highest BCUT2D eigenvalue weighted by atomic mass is 32.2. The number of nitrogens with one attached hydrogen (secondary N) is 1. The van der Waals surface area contributed by atoms with Crippen molar-refractivity contribution in [2.75, 3.05) is 32.7 Å². The lowest BCUT2D eigenvalue weighted by molar-refractivity contribution is 0.223. The average molecular weight is 303 g/mol. The molecule has 0 amide bonds. The van der Waals surface area contributed by atoms with Gasteiger partial charge in [0.1, 0.15) is 0 Å². The van der Waals surface area contributed by atoms with Crippen LogP contribution < -0.4 is 5.32 Å². The summed E-state index contributed by atoms with van der Waals surface area (Å²) in [6.45, 7) is 8.22. The molecule has 5 nitrogen and oxygen atoms in total. The minimum atomic E-state index is -3.18. The normalized spacial score (nSPS) is 25.1. The summed E-state index contributed by atoms with van der Waals surface area (Å²) < 4.78 is 28.3. The van der Waals surface area contributed by atoms with E-state index < -0.39 is 10.2 Å². The van der Waals surface area contributed by atoms with E-state index in [1.54, 1.807) is 8.61 Å². The van der Waals surface area contributed by atoms with E-state index in [-0.39, 0.29) is 0 Å². The first kappa shape index (κ1) is 16.2. The number of rotatable bonds is 6. The van der Waals surface area contributed by atoms with Crippen molar-refractivity contribution in [1.29, 1.82) is 0 Å². The van der Waals surface area contributed by atoms with Gasteiger partial charge in [-0.3, -0.25) is 0 Å². The van der Waals surface area contributed by atoms with E-state index in [0.717, 1.165) is 38.6 Å². The Balaban J connectivity index is 1.84. The van der Waals surface area contributed by atoms with Crippen LogP contribution in [0.4, 0.5) is 0 Å². The molecule has 0 aromatic rings. The lowest BCUT2D eigenvalue weighted by Gasteiger charge is -2.36. The van der Waals surface area contributed by atoms with Crippen LogP contribution in [0.2, 0.25) is 0 Å². The minimum absolute atomic E-state index is 0.492. The zero-order valence-electron chi connectivity index (χ0n) is 12.8. The van der Waals surface area contributed by atoms with Crippen molar-refractivity contribution in [3.63, 3.8) is 0 Å². The summed E-state index contributed by atoms with van der Waals surface area (Å²) in [6.07, 6.45) is 5.11. The standard InChI is InChI=1S/C14H29N3O2S/c1-3-8-15-13(2)14-6-11-17(12-7-14)20(18,19)16-9-4-5-10-16/h13-15H,3-12H2,1-2H3.